The summed E-state index contributed by atoms with van der Waals surface area (Å²) < 4.78 is 2.18. The first-order chi connectivity index (χ1) is 7.68. The van der Waals surface area contributed by atoms with E-state index in [4.69, 9.17) is 0 Å². The van der Waals surface area contributed by atoms with E-state index in [0.717, 1.165) is 17.1 Å². The van der Waals surface area contributed by atoms with E-state index in [1.165, 1.54) is 5.56 Å². The molecule has 0 saturated carbocycles. The first-order valence-electron chi connectivity index (χ1n) is 5.38. The molecule has 2 nitrogen and oxygen atoms in total. The van der Waals surface area contributed by atoms with Crippen LogP contribution in [-0.2, 0) is 6.54 Å². The Hall–Kier alpha value is -0.900. The van der Waals surface area contributed by atoms with Crippen molar-refractivity contribution < 1.29 is 22.1 Å². The molecule has 4 heteroatoms. The van der Waals surface area contributed by atoms with Crippen LogP contribution < -0.4 is 17.0 Å². The van der Waals surface area contributed by atoms with E-state index in [9.17, 15) is 5.11 Å². The Kier molecular flexibility index (Phi) is 5.12. The predicted molar refractivity (Wildman–Crippen MR) is 65.4 cm³/mol. The number of aliphatic hydroxyl groups excluding tert-OH is 1. The lowest BCUT2D eigenvalue weighted by atomic mass is 10.2. The van der Waals surface area contributed by atoms with E-state index in [1.807, 2.05) is 25.1 Å². The van der Waals surface area contributed by atoms with Gasteiger partial charge >= 0.3 is 0 Å². The van der Waals surface area contributed by atoms with E-state index in [1.54, 1.807) is 11.3 Å². The summed E-state index contributed by atoms with van der Waals surface area (Å²) in [5, 5.41) is 9.58. The number of thiazole rings is 1. The molecule has 2 rings (SSSR count). The summed E-state index contributed by atoms with van der Waals surface area (Å²) >= 11 is 1.62. The zero-order valence-electron chi connectivity index (χ0n) is 9.93. The van der Waals surface area contributed by atoms with Crippen molar-refractivity contribution in [2.24, 2.45) is 0 Å². The van der Waals surface area contributed by atoms with E-state index in [-0.39, 0.29) is 18.5 Å². The Labute approximate surface area is 112 Å². The van der Waals surface area contributed by atoms with Gasteiger partial charge in [0.25, 0.3) is 0 Å². The van der Waals surface area contributed by atoms with Crippen molar-refractivity contribution in [1.29, 1.82) is 0 Å². The smallest absolute Gasteiger partial charge is 0.225 e. The molecule has 0 amide bonds. The van der Waals surface area contributed by atoms with Gasteiger partial charge < -0.3 is 17.5 Å². The summed E-state index contributed by atoms with van der Waals surface area (Å²) in [4.78, 5) is 1.05. The van der Waals surface area contributed by atoms with E-state index in [2.05, 4.69) is 29.1 Å². The van der Waals surface area contributed by atoms with Crippen LogP contribution in [0.25, 0.3) is 0 Å². The van der Waals surface area contributed by atoms with Crippen LogP contribution in [-0.4, -0.2) is 5.11 Å². The van der Waals surface area contributed by atoms with Crippen LogP contribution in [0.4, 0.5) is 0 Å². The molecular formula is C13H16ClNOS. The summed E-state index contributed by atoms with van der Waals surface area (Å²) in [7, 11) is 0. The number of rotatable bonds is 3. The molecular weight excluding hydrogens is 254 g/mol. The molecule has 2 aromatic rings. The maximum absolute atomic E-state index is 9.58. The fourth-order valence-corrected chi connectivity index (χ4v) is 2.72. The van der Waals surface area contributed by atoms with Gasteiger partial charge in [-0.1, -0.05) is 41.7 Å². The molecule has 0 fully saturated rings. The third-order valence-electron chi connectivity index (χ3n) is 2.67. The SMILES string of the molecule is Cc1c(C(C)O)sc[n+]1Cc1ccccc1.[Cl-]. The van der Waals surface area contributed by atoms with Crippen LogP contribution in [0, 0.1) is 6.92 Å². The van der Waals surface area contributed by atoms with Gasteiger partial charge in [-0.25, -0.2) is 0 Å². The number of benzene rings is 1. The number of aliphatic hydroxyl groups is 1. The van der Waals surface area contributed by atoms with Crippen LogP contribution in [0.2, 0.25) is 0 Å². The molecule has 1 unspecified atom stereocenters. The maximum atomic E-state index is 9.58. The third-order valence-corrected chi connectivity index (χ3v) is 3.92. The first-order valence-corrected chi connectivity index (χ1v) is 6.26. The highest BCUT2D eigenvalue weighted by Crippen LogP contribution is 2.19. The van der Waals surface area contributed by atoms with Gasteiger partial charge in [-0.2, -0.15) is 4.57 Å². The molecule has 1 heterocycles. The average Bonchev–Trinajstić information content (AvgIpc) is 2.62. The van der Waals surface area contributed by atoms with E-state index < -0.39 is 0 Å². The average molecular weight is 270 g/mol. The summed E-state index contributed by atoms with van der Waals surface area (Å²) in [5.74, 6) is 0. The number of aromatic nitrogens is 1. The molecule has 92 valence electrons. The van der Waals surface area contributed by atoms with E-state index >= 15 is 0 Å². The van der Waals surface area contributed by atoms with Gasteiger partial charge in [0.1, 0.15) is 4.88 Å². The number of hydrogen-bond donors (Lipinski definition) is 1. The molecule has 0 radical (unpaired) electrons. The van der Waals surface area contributed by atoms with Crippen molar-refractivity contribution in [3.63, 3.8) is 0 Å². The number of hydrogen-bond acceptors (Lipinski definition) is 2. The van der Waals surface area contributed by atoms with Gasteiger partial charge in [0.2, 0.25) is 5.51 Å². The van der Waals surface area contributed by atoms with Crippen molar-refractivity contribution in [3.8, 4) is 0 Å². The quantitative estimate of drug-likeness (QED) is 0.743. The summed E-state index contributed by atoms with van der Waals surface area (Å²) in [6.45, 7) is 4.74. The van der Waals surface area contributed by atoms with Crippen molar-refractivity contribution >= 4 is 11.3 Å². The highest BCUT2D eigenvalue weighted by atomic mass is 35.5. The summed E-state index contributed by atoms with van der Waals surface area (Å²) in [6.07, 6.45) is -0.373. The molecule has 0 spiro atoms. The second kappa shape index (κ2) is 6.15. The molecule has 1 aromatic carbocycles. The molecule has 0 bridgehead atoms. The van der Waals surface area contributed by atoms with Gasteiger partial charge in [0, 0.05) is 12.5 Å². The van der Waals surface area contributed by atoms with Gasteiger partial charge in [-0.3, -0.25) is 0 Å². The molecule has 1 aromatic heterocycles. The molecule has 0 aliphatic rings. The van der Waals surface area contributed by atoms with Crippen LogP contribution in [0.3, 0.4) is 0 Å². The minimum atomic E-state index is -0.373. The molecule has 0 aliphatic carbocycles. The minimum absolute atomic E-state index is 0. The van der Waals surface area contributed by atoms with Gasteiger partial charge in [-0.15, -0.1) is 0 Å². The third kappa shape index (κ3) is 3.28. The van der Waals surface area contributed by atoms with Crippen LogP contribution in [0.1, 0.15) is 29.2 Å². The summed E-state index contributed by atoms with van der Waals surface area (Å²) in [6, 6.07) is 10.4. The normalized spacial score (nSPS) is 11.9. The Morgan fingerprint density at radius 2 is 1.94 bits per heavy atom. The second-order valence-electron chi connectivity index (χ2n) is 3.96. The molecule has 1 atom stereocenters. The first kappa shape index (κ1) is 14.2. The topological polar surface area (TPSA) is 24.1 Å². The highest BCUT2D eigenvalue weighted by molar-refractivity contribution is 7.09. The Morgan fingerprint density at radius 3 is 2.47 bits per heavy atom. The lowest BCUT2D eigenvalue weighted by molar-refractivity contribution is -0.689. The molecule has 17 heavy (non-hydrogen) atoms. The van der Waals surface area contributed by atoms with Crippen molar-refractivity contribution in [2.75, 3.05) is 0 Å². The molecule has 0 aliphatic heterocycles. The Morgan fingerprint density at radius 1 is 1.29 bits per heavy atom. The van der Waals surface area contributed by atoms with Crippen LogP contribution in [0.5, 0.6) is 0 Å². The second-order valence-corrected chi connectivity index (χ2v) is 4.85. The zero-order chi connectivity index (χ0) is 11.5. The molecule has 0 saturated heterocycles. The largest absolute Gasteiger partial charge is 1.00 e. The van der Waals surface area contributed by atoms with Crippen molar-refractivity contribution in [3.05, 3.63) is 52.0 Å². The highest BCUT2D eigenvalue weighted by Gasteiger charge is 2.18. The van der Waals surface area contributed by atoms with Gasteiger partial charge in [0.05, 0.1) is 6.10 Å². The van der Waals surface area contributed by atoms with Gasteiger partial charge in [0.15, 0.2) is 12.2 Å². The Bertz CT molecular complexity index is 468. The van der Waals surface area contributed by atoms with E-state index in [0.29, 0.717) is 0 Å². The van der Waals surface area contributed by atoms with Gasteiger partial charge in [-0.05, 0) is 6.92 Å². The zero-order valence-corrected chi connectivity index (χ0v) is 11.5. The lowest BCUT2D eigenvalue weighted by Gasteiger charge is -1.99. The monoisotopic (exact) mass is 269 g/mol. The predicted octanol–water partition coefficient (Wildman–Crippen LogP) is -0.550. The van der Waals surface area contributed by atoms with Crippen LogP contribution >= 0.6 is 11.3 Å². The van der Waals surface area contributed by atoms with Crippen molar-refractivity contribution in [2.45, 2.75) is 26.5 Å². The van der Waals surface area contributed by atoms with Crippen LogP contribution in [0.15, 0.2) is 35.8 Å². The minimum Gasteiger partial charge on any atom is -1.00 e. The number of halogens is 1. The summed E-state index contributed by atoms with van der Waals surface area (Å²) in [5.41, 5.74) is 4.51. The maximum Gasteiger partial charge on any atom is 0.225 e. The lowest BCUT2D eigenvalue weighted by Crippen LogP contribution is -3.00. The molecule has 1 N–H and O–H groups in total. The number of nitrogens with zero attached hydrogens (tertiary/aromatic N) is 1. The fraction of sp³-hybridized carbons (Fsp3) is 0.308. The van der Waals surface area contributed by atoms with Crippen molar-refractivity contribution in [1.82, 2.24) is 0 Å². The Balaban J connectivity index is 0.00000144. The fourth-order valence-electron chi connectivity index (χ4n) is 1.76. The standard InChI is InChI=1S/C13H16NOS.ClH/c1-10-13(11(2)15)16-9-14(10)8-12-6-4-3-5-7-12;/h3-7,9,11,15H,8H2,1-2H3;1H/q+1;/p-1.